The van der Waals surface area contributed by atoms with Gasteiger partial charge in [-0.05, 0) is 11.5 Å². The third-order valence-electron chi connectivity index (χ3n) is 1.77. The maximum absolute atomic E-state index is 9.37. The highest BCUT2D eigenvalue weighted by atomic mass is 16.3. The molecule has 0 aromatic heterocycles. The number of rotatable bonds is 0. The standard InChI is InChI=1S/C10H8O.CHN/c11-10-7-3-5-8-4-1-2-6-9(8)10;1-2/h1-7,11H;1H. The van der Waals surface area contributed by atoms with Crippen LogP contribution in [0.3, 0.4) is 0 Å². The van der Waals surface area contributed by atoms with Crippen molar-refractivity contribution >= 4 is 10.8 Å². The van der Waals surface area contributed by atoms with Gasteiger partial charge >= 0.3 is 0 Å². The number of nitriles is 1. The molecular formula is C11H9NO. The summed E-state index contributed by atoms with van der Waals surface area (Å²) >= 11 is 0. The Kier molecular flexibility index (Phi) is 2.88. The van der Waals surface area contributed by atoms with E-state index in [1.54, 1.807) is 6.07 Å². The number of hydrogen-bond donors (Lipinski definition) is 1. The lowest BCUT2D eigenvalue weighted by Gasteiger charge is -1.97. The van der Waals surface area contributed by atoms with Gasteiger partial charge in [0.05, 0.1) is 0 Å². The maximum Gasteiger partial charge on any atom is 0.123 e. The van der Waals surface area contributed by atoms with E-state index in [-0.39, 0.29) is 0 Å². The van der Waals surface area contributed by atoms with E-state index < -0.39 is 0 Å². The van der Waals surface area contributed by atoms with Gasteiger partial charge in [-0.3, -0.25) is 0 Å². The van der Waals surface area contributed by atoms with E-state index in [0.717, 1.165) is 10.8 Å². The summed E-state index contributed by atoms with van der Waals surface area (Å²) in [5, 5.41) is 17.9. The summed E-state index contributed by atoms with van der Waals surface area (Å²) < 4.78 is 0. The lowest BCUT2D eigenvalue weighted by Crippen LogP contribution is -1.70. The number of benzene rings is 2. The first-order valence-corrected chi connectivity index (χ1v) is 3.80. The summed E-state index contributed by atoms with van der Waals surface area (Å²) in [6.07, 6.45) is 0. The van der Waals surface area contributed by atoms with Crippen molar-refractivity contribution in [3.05, 3.63) is 42.5 Å². The summed E-state index contributed by atoms with van der Waals surface area (Å²) in [7, 11) is 0. The Morgan fingerprint density at radius 1 is 0.923 bits per heavy atom. The van der Waals surface area contributed by atoms with Crippen molar-refractivity contribution in [3.8, 4) is 12.3 Å². The first-order valence-electron chi connectivity index (χ1n) is 3.80. The van der Waals surface area contributed by atoms with Crippen molar-refractivity contribution in [2.45, 2.75) is 0 Å². The Labute approximate surface area is 76.7 Å². The van der Waals surface area contributed by atoms with Crippen LogP contribution < -0.4 is 0 Å². The summed E-state index contributed by atoms with van der Waals surface area (Å²) in [6, 6.07) is 13.3. The molecule has 0 aliphatic heterocycles. The number of hydrogen-bond acceptors (Lipinski definition) is 2. The monoisotopic (exact) mass is 171 g/mol. The van der Waals surface area contributed by atoms with Gasteiger partial charge in [-0.1, -0.05) is 36.4 Å². The highest BCUT2D eigenvalue weighted by Crippen LogP contribution is 2.22. The van der Waals surface area contributed by atoms with Gasteiger partial charge in [0.15, 0.2) is 0 Å². The molecule has 0 saturated heterocycles. The second kappa shape index (κ2) is 4.13. The summed E-state index contributed by atoms with van der Waals surface area (Å²) in [5.74, 6) is 0.350. The fourth-order valence-electron chi connectivity index (χ4n) is 1.21. The second-order valence-electron chi connectivity index (χ2n) is 2.50. The molecule has 0 heterocycles. The minimum atomic E-state index is 0.350. The van der Waals surface area contributed by atoms with Gasteiger partial charge in [-0.15, -0.1) is 0 Å². The van der Waals surface area contributed by atoms with E-state index in [2.05, 4.69) is 6.57 Å². The zero-order valence-corrected chi connectivity index (χ0v) is 7.01. The van der Waals surface area contributed by atoms with Gasteiger partial charge in [-0.25, -0.2) is 5.26 Å². The molecule has 1 N–H and O–H groups in total. The lowest BCUT2D eigenvalue weighted by atomic mass is 10.1. The van der Waals surface area contributed by atoms with Gasteiger partial charge in [0.1, 0.15) is 5.75 Å². The topological polar surface area (TPSA) is 44.0 Å². The molecule has 2 nitrogen and oxygen atoms in total. The Hall–Kier alpha value is -2.01. The molecule has 0 radical (unpaired) electrons. The molecule has 0 saturated carbocycles. The maximum atomic E-state index is 9.37. The number of fused-ring (bicyclic) bond motifs is 1. The Bertz CT molecular complexity index is 415. The summed E-state index contributed by atoms with van der Waals surface area (Å²) in [6.45, 7) is 3.50. The normalized spacial score (nSPS) is 8.77. The second-order valence-corrected chi connectivity index (χ2v) is 2.50. The van der Waals surface area contributed by atoms with E-state index in [9.17, 15) is 5.11 Å². The summed E-state index contributed by atoms with van der Waals surface area (Å²) in [4.78, 5) is 0. The zero-order valence-electron chi connectivity index (χ0n) is 7.01. The van der Waals surface area contributed by atoms with Crippen molar-refractivity contribution < 1.29 is 5.11 Å². The molecule has 2 rings (SSSR count). The SMILES string of the molecule is C#N.Oc1cccc2ccccc12. The van der Waals surface area contributed by atoms with Crippen molar-refractivity contribution in [2.75, 3.05) is 0 Å². The van der Waals surface area contributed by atoms with E-state index in [0.29, 0.717) is 5.75 Å². The number of aromatic hydroxyl groups is 1. The molecule has 0 aliphatic rings. The molecule has 0 aliphatic carbocycles. The Morgan fingerprint density at radius 2 is 1.54 bits per heavy atom. The van der Waals surface area contributed by atoms with E-state index in [1.807, 2.05) is 36.4 Å². The van der Waals surface area contributed by atoms with Crippen LogP contribution in [0.1, 0.15) is 0 Å². The molecule has 0 unspecified atom stereocenters. The van der Waals surface area contributed by atoms with Gasteiger partial charge in [0.25, 0.3) is 0 Å². The lowest BCUT2D eigenvalue weighted by molar-refractivity contribution is 0.481. The van der Waals surface area contributed by atoms with Crippen LogP contribution in [0.5, 0.6) is 5.75 Å². The van der Waals surface area contributed by atoms with Crippen molar-refractivity contribution in [1.29, 1.82) is 5.26 Å². The molecule has 2 aromatic rings. The highest BCUT2D eigenvalue weighted by molar-refractivity contribution is 5.87. The van der Waals surface area contributed by atoms with E-state index in [1.165, 1.54) is 0 Å². The molecule has 2 heteroatoms. The van der Waals surface area contributed by atoms with Crippen LogP contribution in [-0.4, -0.2) is 5.11 Å². The predicted octanol–water partition coefficient (Wildman–Crippen LogP) is 2.69. The molecule has 0 fully saturated rings. The molecule has 0 bridgehead atoms. The van der Waals surface area contributed by atoms with Gasteiger partial charge in [-0.2, -0.15) is 0 Å². The van der Waals surface area contributed by atoms with Crippen molar-refractivity contribution in [2.24, 2.45) is 0 Å². The third-order valence-corrected chi connectivity index (χ3v) is 1.77. The molecular weight excluding hydrogens is 162 g/mol. The summed E-state index contributed by atoms with van der Waals surface area (Å²) in [5.41, 5.74) is 0. The fraction of sp³-hybridized carbons (Fsp3) is 0. The zero-order chi connectivity index (χ0) is 9.68. The molecule has 0 atom stereocenters. The molecule has 13 heavy (non-hydrogen) atoms. The quantitative estimate of drug-likeness (QED) is 0.662. The molecule has 0 amide bonds. The average molecular weight is 171 g/mol. The Morgan fingerprint density at radius 3 is 2.23 bits per heavy atom. The number of phenols is 1. The first kappa shape index (κ1) is 9.08. The van der Waals surface area contributed by atoms with Gasteiger partial charge < -0.3 is 5.11 Å². The van der Waals surface area contributed by atoms with Crippen LogP contribution >= 0.6 is 0 Å². The average Bonchev–Trinajstić information content (AvgIpc) is 2.22. The molecule has 2 aromatic carbocycles. The minimum Gasteiger partial charge on any atom is -0.507 e. The van der Waals surface area contributed by atoms with Crippen LogP contribution in [0.4, 0.5) is 0 Å². The van der Waals surface area contributed by atoms with Crippen LogP contribution in [0.15, 0.2) is 42.5 Å². The van der Waals surface area contributed by atoms with Crippen LogP contribution in [0.25, 0.3) is 10.8 Å². The van der Waals surface area contributed by atoms with Crippen molar-refractivity contribution in [1.82, 2.24) is 0 Å². The van der Waals surface area contributed by atoms with E-state index in [4.69, 9.17) is 5.26 Å². The van der Waals surface area contributed by atoms with Crippen LogP contribution in [-0.2, 0) is 0 Å². The highest BCUT2D eigenvalue weighted by Gasteiger charge is 1.94. The number of nitrogens with zero attached hydrogens (tertiary/aromatic N) is 1. The predicted molar refractivity (Wildman–Crippen MR) is 52.3 cm³/mol. The molecule has 64 valence electrons. The van der Waals surface area contributed by atoms with Gasteiger partial charge in [0.2, 0.25) is 0 Å². The van der Waals surface area contributed by atoms with Crippen LogP contribution in [0, 0.1) is 11.8 Å². The smallest absolute Gasteiger partial charge is 0.123 e. The van der Waals surface area contributed by atoms with Crippen molar-refractivity contribution in [3.63, 3.8) is 0 Å². The molecule has 0 spiro atoms. The third kappa shape index (κ3) is 1.77. The van der Waals surface area contributed by atoms with Gasteiger partial charge in [0, 0.05) is 12.0 Å². The Balaban J connectivity index is 0.000000396. The first-order chi connectivity index (χ1) is 6.38. The fourth-order valence-corrected chi connectivity index (χ4v) is 1.21. The number of phenolic OH excluding ortho intramolecular Hbond substituents is 1. The minimum absolute atomic E-state index is 0.350. The largest absolute Gasteiger partial charge is 0.507 e. The van der Waals surface area contributed by atoms with E-state index >= 15 is 0 Å². The van der Waals surface area contributed by atoms with Crippen LogP contribution in [0.2, 0.25) is 0 Å².